The van der Waals surface area contributed by atoms with Gasteiger partial charge >= 0.3 is 0 Å². The van der Waals surface area contributed by atoms with Crippen molar-refractivity contribution >= 4 is 28.8 Å². The lowest BCUT2D eigenvalue weighted by molar-refractivity contribution is 0.305. The van der Waals surface area contributed by atoms with Crippen molar-refractivity contribution < 1.29 is 9.13 Å². The Balaban J connectivity index is 2.20. The fraction of sp³-hybridized carbons (Fsp3) is 0.0714. The zero-order valence-corrected chi connectivity index (χ0v) is 11.5. The first-order valence-corrected chi connectivity index (χ1v) is 6.32. The summed E-state index contributed by atoms with van der Waals surface area (Å²) in [5, 5.41) is 0.612. The highest BCUT2D eigenvalue weighted by atomic mass is 35.5. The topological polar surface area (TPSA) is 35.2 Å². The molecule has 0 radical (unpaired) electrons. The van der Waals surface area contributed by atoms with Gasteiger partial charge in [0.05, 0.1) is 5.56 Å². The van der Waals surface area contributed by atoms with E-state index in [1.165, 1.54) is 18.2 Å². The maximum atomic E-state index is 13.1. The second kappa shape index (κ2) is 5.99. The van der Waals surface area contributed by atoms with Crippen LogP contribution in [-0.4, -0.2) is 4.99 Å². The quantitative estimate of drug-likeness (QED) is 0.874. The molecule has 0 unspecified atom stereocenters. The monoisotopic (exact) mass is 295 g/mol. The molecular weight excluding hydrogens is 285 g/mol. The maximum Gasteiger partial charge on any atom is 0.130 e. The summed E-state index contributed by atoms with van der Waals surface area (Å²) >= 11 is 10.9. The van der Waals surface area contributed by atoms with E-state index < -0.39 is 5.82 Å². The smallest absolute Gasteiger partial charge is 0.130 e. The number of hydrogen-bond acceptors (Lipinski definition) is 2. The molecule has 0 aliphatic heterocycles. The number of halogens is 2. The fourth-order valence-corrected chi connectivity index (χ4v) is 1.94. The summed E-state index contributed by atoms with van der Waals surface area (Å²) < 4.78 is 18.7. The normalized spacial score (nSPS) is 10.2. The van der Waals surface area contributed by atoms with Crippen LogP contribution in [0.2, 0.25) is 5.02 Å². The fourth-order valence-electron chi connectivity index (χ4n) is 1.59. The highest BCUT2D eigenvalue weighted by Crippen LogP contribution is 2.23. The second-order valence-corrected chi connectivity index (χ2v) is 4.73. The lowest BCUT2D eigenvalue weighted by Crippen LogP contribution is -2.12. The van der Waals surface area contributed by atoms with Crippen LogP contribution in [0.1, 0.15) is 11.1 Å². The third kappa shape index (κ3) is 3.43. The van der Waals surface area contributed by atoms with Crippen LogP contribution in [0.3, 0.4) is 0 Å². The van der Waals surface area contributed by atoms with E-state index in [0.29, 0.717) is 16.3 Å². The van der Waals surface area contributed by atoms with Gasteiger partial charge in [-0.15, -0.1) is 0 Å². The van der Waals surface area contributed by atoms with E-state index in [0.717, 1.165) is 5.56 Å². The summed E-state index contributed by atoms with van der Waals surface area (Å²) in [6.45, 7) is 0.265. The first kappa shape index (κ1) is 13.8. The van der Waals surface area contributed by atoms with Gasteiger partial charge in [0.25, 0.3) is 0 Å². The van der Waals surface area contributed by atoms with Gasteiger partial charge in [-0.3, -0.25) is 0 Å². The molecule has 0 amide bonds. The molecule has 2 rings (SSSR count). The Morgan fingerprint density at radius 2 is 2.00 bits per heavy atom. The van der Waals surface area contributed by atoms with Crippen LogP contribution < -0.4 is 10.5 Å². The largest absolute Gasteiger partial charge is 0.488 e. The van der Waals surface area contributed by atoms with Crippen molar-refractivity contribution in [2.24, 2.45) is 5.73 Å². The molecule has 0 fully saturated rings. The zero-order chi connectivity index (χ0) is 13.8. The number of nitrogens with two attached hydrogens (primary N) is 1. The SMILES string of the molecule is NC(=S)c1cc(F)ccc1OCc1ccccc1Cl. The highest BCUT2D eigenvalue weighted by Gasteiger charge is 2.09. The van der Waals surface area contributed by atoms with Crippen molar-refractivity contribution in [3.63, 3.8) is 0 Å². The second-order valence-electron chi connectivity index (χ2n) is 3.88. The van der Waals surface area contributed by atoms with Gasteiger partial charge in [0.15, 0.2) is 0 Å². The molecular formula is C14H11ClFNOS. The Morgan fingerprint density at radius 3 is 2.68 bits per heavy atom. The molecule has 2 aromatic carbocycles. The van der Waals surface area contributed by atoms with E-state index in [-0.39, 0.29) is 11.6 Å². The summed E-state index contributed by atoms with van der Waals surface area (Å²) in [5.74, 6) is 0.0294. The average Bonchev–Trinajstić information content (AvgIpc) is 2.38. The van der Waals surface area contributed by atoms with E-state index in [1.807, 2.05) is 18.2 Å². The Morgan fingerprint density at radius 1 is 1.26 bits per heavy atom. The minimum absolute atomic E-state index is 0.0914. The molecule has 0 spiro atoms. The Hall–Kier alpha value is -1.65. The summed E-state index contributed by atoms with van der Waals surface area (Å²) in [6, 6.07) is 11.4. The third-order valence-electron chi connectivity index (χ3n) is 2.55. The van der Waals surface area contributed by atoms with Crippen molar-refractivity contribution in [3.8, 4) is 5.75 Å². The molecule has 2 nitrogen and oxygen atoms in total. The third-order valence-corrected chi connectivity index (χ3v) is 3.14. The predicted octanol–water partition coefficient (Wildman–Crippen LogP) is 3.69. The summed E-state index contributed by atoms with van der Waals surface area (Å²) in [5.41, 5.74) is 6.75. The van der Waals surface area contributed by atoms with E-state index in [4.69, 9.17) is 34.3 Å². The molecule has 19 heavy (non-hydrogen) atoms. The van der Waals surface area contributed by atoms with E-state index in [2.05, 4.69) is 0 Å². The van der Waals surface area contributed by atoms with Crippen LogP contribution in [0.4, 0.5) is 4.39 Å². The molecule has 2 N–H and O–H groups in total. The van der Waals surface area contributed by atoms with Crippen molar-refractivity contribution in [1.82, 2.24) is 0 Å². The molecule has 0 aliphatic carbocycles. The van der Waals surface area contributed by atoms with Gasteiger partial charge in [-0.25, -0.2) is 4.39 Å². The highest BCUT2D eigenvalue weighted by molar-refractivity contribution is 7.80. The minimum Gasteiger partial charge on any atom is -0.488 e. The van der Waals surface area contributed by atoms with E-state index in [1.54, 1.807) is 6.07 Å². The lowest BCUT2D eigenvalue weighted by atomic mass is 10.2. The van der Waals surface area contributed by atoms with Crippen molar-refractivity contribution in [1.29, 1.82) is 0 Å². The summed E-state index contributed by atoms with van der Waals surface area (Å²) in [6.07, 6.45) is 0. The average molecular weight is 296 g/mol. The molecule has 2 aromatic rings. The molecule has 0 saturated heterocycles. The summed E-state index contributed by atoms with van der Waals surface area (Å²) in [4.78, 5) is 0.0914. The molecule has 0 bridgehead atoms. The van der Waals surface area contributed by atoms with Crippen LogP contribution in [0.15, 0.2) is 42.5 Å². The van der Waals surface area contributed by atoms with Gasteiger partial charge < -0.3 is 10.5 Å². The van der Waals surface area contributed by atoms with E-state index >= 15 is 0 Å². The maximum absolute atomic E-state index is 13.1. The van der Waals surface area contributed by atoms with Crippen LogP contribution in [-0.2, 0) is 6.61 Å². The number of rotatable bonds is 4. The number of ether oxygens (including phenoxy) is 1. The van der Waals surface area contributed by atoms with Gasteiger partial charge in [0, 0.05) is 10.6 Å². The van der Waals surface area contributed by atoms with E-state index in [9.17, 15) is 4.39 Å². The number of hydrogen-bond donors (Lipinski definition) is 1. The Labute approximate surface area is 120 Å². The first-order chi connectivity index (χ1) is 9.08. The zero-order valence-electron chi connectivity index (χ0n) is 9.90. The molecule has 98 valence electrons. The van der Waals surface area contributed by atoms with Crippen LogP contribution in [0.5, 0.6) is 5.75 Å². The standard InChI is InChI=1S/C14H11ClFNOS/c15-12-4-2-1-3-9(12)8-18-13-6-5-10(16)7-11(13)14(17)19/h1-7H,8H2,(H2,17,19). The van der Waals surface area contributed by atoms with Crippen molar-refractivity contribution in [3.05, 3.63) is 64.4 Å². The van der Waals surface area contributed by atoms with Gasteiger partial charge in [0.2, 0.25) is 0 Å². The first-order valence-electron chi connectivity index (χ1n) is 5.53. The molecule has 0 aliphatic rings. The molecule has 0 saturated carbocycles. The van der Waals surface area contributed by atoms with Crippen molar-refractivity contribution in [2.75, 3.05) is 0 Å². The number of thiocarbonyl (C=S) groups is 1. The van der Waals surface area contributed by atoms with Crippen LogP contribution in [0.25, 0.3) is 0 Å². The lowest BCUT2D eigenvalue weighted by Gasteiger charge is -2.11. The molecule has 0 heterocycles. The predicted molar refractivity (Wildman–Crippen MR) is 78.1 cm³/mol. The summed E-state index contributed by atoms with van der Waals surface area (Å²) in [7, 11) is 0. The molecule has 0 aromatic heterocycles. The molecule has 0 atom stereocenters. The minimum atomic E-state index is -0.409. The Kier molecular flexibility index (Phi) is 4.35. The van der Waals surface area contributed by atoms with Gasteiger partial charge in [-0.1, -0.05) is 42.0 Å². The Bertz CT molecular complexity index is 618. The van der Waals surface area contributed by atoms with Crippen LogP contribution >= 0.6 is 23.8 Å². The van der Waals surface area contributed by atoms with Gasteiger partial charge in [-0.2, -0.15) is 0 Å². The van der Waals surface area contributed by atoms with Crippen LogP contribution in [0, 0.1) is 5.82 Å². The molecule has 5 heteroatoms. The van der Waals surface area contributed by atoms with Crippen molar-refractivity contribution in [2.45, 2.75) is 6.61 Å². The van der Waals surface area contributed by atoms with Gasteiger partial charge in [-0.05, 0) is 24.3 Å². The number of benzene rings is 2. The van der Waals surface area contributed by atoms with Gasteiger partial charge in [0.1, 0.15) is 23.2 Å².